The Balaban J connectivity index is 4.10. The summed E-state index contributed by atoms with van der Waals surface area (Å²) in [5.41, 5.74) is 1.44. The molecule has 0 spiro atoms. The number of rotatable bonds is 2. The van der Waals surface area contributed by atoms with Crippen LogP contribution in [0, 0.1) is 5.41 Å². The number of hydrogen-bond donors (Lipinski definition) is 1. The summed E-state index contributed by atoms with van der Waals surface area (Å²) in [6.45, 7) is 12.6. The van der Waals surface area contributed by atoms with E-state index in [1.165, 1.54) is 0 Å². The maximum absolute atomic E-state index is 4.30. The lowest BCUT2D eigenvalue weighted by molar-refractivity contribution is 0.413. The predicted molar refractivity (Wildman–Crippen MR) is 56.0 cm³/mol. The monoisotopic (exact) mass is 170 g/mol. The van der Waals surface area contributed by atoms with Gasteiger partial charge in [-0.05, 0) is 24.3 Å². The van der Waals surface area contributed by atoms with Crippen molar-refractivity contribution in [1.29, 1.82) is 0 Å². The molecule has 0 aliphatic heterocycles. The Labute approximate surface area is 75.8 Å². The summed E-state index contributed by atoms with van der Waals surface area (Å²) in [5, 5.41) is 0. The van der Waals surface area contributed by atoms with Gasteiger partial charge >= 0.3 is 0 Å². The van der Waals surface area contributed by atoms with E-state index < -0.39 is 0 Å². The molecule has 1 heteroatoms. The molecule has 0 atom stereocenters. The van der Waals surface area contributed by atoms with Gasteiger partial charge in [-0.1, -0.05) is 33.4 Å². The third-order valence-corrected chi connectivity index (χ3v) is 1.95. The van der Waals surface area contributed by atoms with Gasteiger partial charge in [0.1, 0.15) is 0 Å². The van der Waals surface area contributed by atoms with Gasteiger partial charge in [0.25, 0.3) is 0 Å². The quantitative estimate of drug-likeness (QED) is 0.473. The van der Waals surface area contributed by atoms with E-state index in [-0.39, 0.29) is 0 Å². The van der Waals surface area contributed by atoms with Gasteiger partial charge in [-0.3, -0.25) is 0 Å². The second kappa shape index (κ2) is 4.01. The molecule has 0 aliphatic rings. The first-order valence-electron chi connectivity index (χ1n) is 3.90. The van der Waals surface area contributed by atoms with Gasteiger partial charge in [-0.25, -0.2) is 0 Å². The van der Waals surface area contributed by atoms with Crippen LogP contribution in [0.4, 0.5) is 0 Å². The minimum atomic E-state index is 0.314. The molecule has 0 bridgehead atoms. The van der Waals surface area contributed by atoms with Crippen molar-refractivity contribution in [2.75, 3.05) is 0 Å². The average molecular weight is 170 g/mol. The summed E-state index contributed by atoms with van der Waals surface area (Å²) in [6.07, 6.45) is 2.99. The molecule has 0 aliphatic carbocycles. The van der Waals surface area contributed by atoms with Crippen LogP contribution in [0.2, 0.25) is 0 Å². The summed E-state index contributed by atoms with van der Waals surface area (Å²) >= 11 is 4.30. The SMILES string of the molecule is C=C(CC(C)(C)C)/C(S)=C\C. The topological polar surface area (TPSA) is 0 Å². The van der Waals surface area contributed by atoms with Crippen LogP contribution in [0.3, 0.4) is 0 Å². The van der Waals surface area contributed by atoms with E-state index in [1.807, 2.05) is 13.0 Å². The Hall–Kier alpha value is -0.170. The Morgan fingerprint density at radius 2 is 1.91 bits per heavy atom. The Kier molecular flexibility index (Phi) is 3.95. The first kappa shape index (κ1) is 10.8. The molecule has 0 aromatic carbocycles. The fourth-order valence-corrected chi connectivity index (χ4v) is 1.01. The van der Waals surface area contributed by atoms with Gasteiger partial charge < -0.3 is 0 Å². The molecule has 0 nitrogen and oxygen atoms in total. The van der Waals surface area contributed by atoms with E-state index in [4.69, 9.17) is 0 Å². The van der Waals surface area contributed by atoms with Crippen LogP contribution in [0.25, 0.3) is 0 Å². The van der Waals surface area contributed by atoms with Gasteiger partial charge in [0.05, 0.1) is 0 Å². The van der Waals surface area contributed by atoms with Crippen molar-refractivity contribution in [2.24, 2.45) is 5.41 Å². The minimum absolute atomic E-state index is 0.314. The highest BCUT2D eigenvalue weighted by Gasteiger charge is 2.12. The molecule has 0 aromatic rings. The predicted octanol–water partition coefficient (Wildman–Crippen LogP) is 3.81. The Bertz CT molecular complexity index is 170. The number of allylic oxidation sites excluding steroid dienone is 2. The van der Waals surface area contributed by atoms with E-state index in [0.717, 1.165) is 16.9 Å². The Morgan fingerprint density at radius 1 is 1.45 bits per heavy atom. The fourth-order valence-electron chi connectivity index (χ4n) is 0.935. The summed E-state index contributed by atoms with van der Waals surface area (Å²) in [4.78, 5) is 1.01. The van der Waals surface area contributed by atoms with Crippen molar-refractivity contribution in [3.63, 3.8) is 0 Å². The lowest BCUT2D eigenvalue weighted by atomic mass is 9.88. The first-order valence-corrected chi connectivity index (χ1v) is 4.35. The van der Waals surface area contributed by atoms with Gasteiger partial charge in [0.15, 0.2) is 0 Å². The normalized spacial score (nSPS) is 13.4. The Morgan fingerprint density at radius 3 is 2.18 bits per heavy atom. The molecule has 0 saturated carbocycles. The van der Waals surface area contributed by atoms with Crippen LogP contribution in [0.5, 0.6) is 0 Å². The second-order valence-corrected chi connectivity index (χ2v) is 4.50. The van der Waals surface area contributed by atoms with Crippen molar-refractivity contribution in [1.82, 2.24) is 0 Å². The largest absolute Gasteiger partial charge is 0.144 e. The highest BCUT2D eigenvalue weighted by Crippen LogP contribution is 2.28. The molecule has 0 aromatic heterocycles. The molecule has 0 unspecified atom stereocenters. The van der Waals surface area contributed by atoms with Gasteiger partial charge in [0, 0.05) is 4.91 Å². The van der Waals surface area contributed by atoms with Crippen LogP contribution >= 0.6 is 12.6 Å². The van der Waals surface area contributed by atoms with Crippen molar-refractivity contribution in [3.05, 3.63) is 23.1 Å². The molecule has 0 fully saturated rings. The first-order chi connectivity index (χ1) is 4.87. The summed E-state index contributed by atoms with van der Waals surface area (Å²) in [5.74, 6) is 0. The second-order valence-electron chi connectivity index (χ2n) is 4.01. The van der Waals surface area contributed by atoms with Crippen molar-refractivity contribution in [2.45, 2.75) is 34.1 Å². The molecule has 0 heterocycles. The maximum atomic E-state index is 4.30. The fraction of sp³-hybridized carbons (Fsp3) is 0.600. The molecule has 0 rings (SSSR count). The van der Waals surface area contributed by atoms with E-state index in [1.54, 1.807) is 0 Å². The summed E-state index contributed by atoms with van der Waals surface area (Å²) in [7, 11) is 0. The molecule has 0 saturated heterocycles. The zero-order valence-corrected chi connectivity index (χ0v) is 8.83. The van der Waals surface area contributed by atoms with Crippen molar-refractivity contribution >= 4 is 12.6 Å². The highest BCUT2D eigenvalue weighted by atomic mass is 32.1. The van der Waals surface area contributed by atoms with Crippen LogP contribution in [0.15, 0.2) is 23.1 Å². The van der Waals surface area contributed by atoms with Crippen molar-refractivity contribution in [3.8, 4) is 0 Å². The zero-order chi connectivity index (χ0) is 9.07. The van der Waals surface area contributed by atoms with Crippen molar-refractivity contribution < 1.29 is 0 Å². The molecular formula is C10H18S. The van der Waals surface area contributed by atoms with E-state index >= 15 is 0 Å². The third-order valence-electron chi connectivity index (χ3n) is 1.38. The molecule has 64 valence electrons. The van der Waals surface area contributed by atoms with Crippen LogP contribution in [-0.4, -0.2) is 0 Å². The standard InChI is InChI=1S/C10H18S/c1-6-9(11)8(2)7-10(3,4)5/h6,11H,2,7H2,1,3-5H3/b9-6+. The van der Waals surface area contributed by atoms with Crippen LogP contribution in [-0.2, 0) is 0 Å². The highest BCUT2D eigenvalue weighted by molar-refractivity contribution is 7.84. The summed E-state index contributed by atoms with van der Waals surface area (Å²) < 4.78 is 0. The molecule has 11 heavy (non-hydrogen) atoms. The zero-order valence-electron chi connectivity index (χ0n) is 7.94. The van der Waals surface area contributed by atoms with E-state index in [9.17, 15) is 0 Å². The van der Waals surface area contributed by atoms with Gasteiger partial charge in [0.2, 0.25) is 0 Å². The van der Waals surface area contributed by atoms with Gasteiger partial charge in [-0.15, -0.1) is 12.6 Å². The number of thiol groups is 1. The molecule has 0 N–H and O–H groups in total. The van der Waals surface area contributed by atoms with Crippen LogP contribution < -0.4 is 0 Å². The van der Waals surface area contributed by atoms with E-state index in [0.29, 0.717) is 5.41 Å². The van der Waals surface area contributed by atoms with Crippen LogP contribution in [0.1, 0.15) is 34.1 Å². The minimum Gasteiger partial charge on any atom is -0.144 e. The summed E-state index contributed by atoms with van der Waals surface area (Å²) in [6, 6.07) is 0. The molecule has 0 radical (unpaired) electrons. The average Bonchev–Trinajstić information content (AvgIpc) is 1.82. The maximum Gasteiger partial charge on any atom is 0.00236 e. The third kappa shape index (κ3) is 5.14. The van der Waals surface area contributed by atoms with Gasteiger partial charge in [-0.2, -0.15) is 0 Å². The lowest BCUT2D eigenvalue weighted by Gasteiger charge is -2.19. The molecule has 0 amide bonds. The lowest BCUT2D eigenvalue weighted by Crippen LogP contribution is -2.05. The molecular weight excluding hydrogens is 152 g/mol. The number of hydrogen-bond acceptors (Lipinski definition) is 1. The van der Waals surface area contributed by atoms with E-state index in [2.05, 4.69) is 40.0 Å². The smallest absolute Gasteiger partial charge is 0.00236 e.